The minimum Gasteiger partial charge on any atom is -0.511 e. The number of benzene rings is 1. The van der Waals surface area contributed by atoms with Crippen LogP contribution in [-0.2, 0) is 27.2 Å². The molecule has 0 saturated heterocycles. The number of ketones is 4. The molecule has 0 radical (unpaired) electrons. The van der Waals surface area contributed by atoms with Gasteiger partial charge in [-0.05, 0) is 25.3 Å². The van der Waals surface area contributed by atoms with Crippen LogP contribution in [-0.4, -0.2) is 49.2 Å². The largest absolute Gasteiger partial charge is 0.511 e. The van der Waals surface area contributed by atoms with Crippen LogP contribution >= 0.6 is 0 Å². The standard InChI is InChI=1S/C26H28O8/c1-5-15(28)8-13-6-7-14-9-24(3)11-25(4)10-16(29)17(12(2)27)22(32)26(25,34)23(33)19(24)21(31)18(14)20(13)30/h6-7,29-30,33-34H,5,8-11H2,1-4H3/t24-,25+,26-/m1/s1. The van der Waals surface area contributed by atoms with Crippen LogP contribution in [0.4, 0.5) is 0 Å². The second-order valence-corrected chi connectivity index (χ2v) is 10.3. The van der Waals surface area contributed by atoms with Crippen molar-refractivity contribution in [3.8, 4) is 5.75 Å². The Morgan fingerprint density at radius 3 is 2.29 bits per heavy atom. The molecule has 1 aromatic carbocycles. The molecule has 1 aromatic rings. The van der Waals surface area contributed by atoms with E-state index in [-0.39, 0.29) is 60.3 Å². The number of aliphatic hydroxyl groups excluding tert-OH is 2. The fourth-order valence-electron chi connectivity index (χ4n) is 6.17. The molecule has 0 aromatic heterocycles. The first kappa shape index (κ1) is 23.9. The molecule has 4 rings (SSSR count). The van der Waals surface area contributed by atoms with Gasteiger partial charge in [-0.25, -0.2) is 0 Å². The number of allylic oxidation sites excluding steroid dienone is 2. The molecule has 8 heteroatoms. The van der Waals surface area contributed by atoms with Crippen molar-refractivity contribution in [1.82, 2.24) is 0 Å². The number of rotatable bonds is 4. The zero-order chi connectivity index (χ0) is 25.4. The number of Topliss-reactive ketones (excluding diaryl/α,β-unsaturated/α-hetero) is 4. The summed E-state index contributed by atoms with van der Waals surface area (Å²) in [6.07, 6.45) is 0.242. The van der Waals surface area contributed by atoms with Crippen molar-refractivity contribution in [2.75, 3.05) is 0 Å². The van der Waals surface area contributed by atoms with E-state index in [1.807, 2.05) is 0 Å². The molecule has 0 amide bonds. The number of carbonyl (C=O) groups excluding carboxylic acids is 4. The minimum absolute atomic E-state index is 0.0545. The van der Waals surface area contributed by atoms with Crippen molar-refractivity contribution in [3.05, 3.63) is 51.5 Å². The Morgan fingerprint density at radius 1 is 1.06 bits per heavy atom. The summed E-state index contributed by atoms with van der Waals surface area (Å²) in [5.41, 5.74) is -5.06. The lowest BCUT2D eigenvalue weighted by Crippen LogP contribution is -2.63. The van der Waals surface area contributed by atoms with E-state index in [1.165, 1.54) is 6.92 Å². The van der Waals surface area contributed by atoms with Gasteiger partial charge in [0.25, 0.3) is 0 Å². The van der Waals surface area contributed by atoms with E-state index in [4.69, 9.17) is 0 Å². The molecule has 3 atom stereocenters. The van der Waals surface area contributed by atoms with Crippen LogP contribution in [0.15, 0.2) is 34.8 Å². The predicted molar refractivity (Wildman–Crippen MR) is 121 cm³/mol. The second-order valence-electron chi connectivity index (χ2n) is 10.3. The van der Waals surface area contributed by atoms with Crippen LogP contribution < -0.4 is 0 Å². The van der Waals surface area contributed by atoms with Gasteiger partial charge in [0.05, 0.1) is 5.56 Å². The monoisotopic (exact) mass is 468 g/mol. The normalized spacial score (nSPS) is 30.6. The van der Waals surface area contributed by atoms with Crippen molar-refractivity contribution in [3.63, 3.8) is 0 Å². The molecule has 0 saturated carbocycles. The van der Waals surface area contributed by atoms with Crippen LogP contribution in [0, 0.1) is 10.8 Å². The average Bonchev–Trinajstić information content (AvgIpc) is 2.72. The van der Waals surface area contributed by atoms with Gasteiger partial charge in [0.2, 0.25) is 5.78 Å². The maximum absolute atomic E-state index is 13.7. The molecule has 0 heterocycles. The smallest absolute Gasteiger partial charge is 0.209 e. The van der Waals surface area contributed by atoms with Crippen molar-refractivity contribution < 1.29 is 39.6 Å². The van der Waals surface area contributed by atoms with E-state index >= 15 is 0 Å². The number of aromatic hydroxyl groups is 1. The molecule has 0 unspecified atom stereocenters. The SMILES string of the molecule is CCC(=O)Cc1ccc2c(c1O)C(=O)C1=C(O)[C@]3(O)C(=O)C(C(C)=O)=C(O)C[C@@]3(C)C[C@@]1(C)C2. The first-order chi connectivity index (χ1) is 15.7. The summed E-state index contributed by atoms with van der Waals surface area (Å²) in [7, 11) is 0. The van der Waals surface area contributed by atoms with Crippen molar-refractivity contribution >= 4 is 23.1 Å². The number of fused-ring (bicyclic) bond motifs is 3. The fraction of sp³-hybridized carbons (Fsp3) is 0.462. The highest BCUT2D eigenvalue weighted by Gasteiger charge is 2.67. The molecular weight excluding hydrogens is 440 g/mol. The summed E-state index contributed by atoms with van der Waals surface area (Å²) >= 11 is 0. The van der Waals surface area contributed by atoms with Crippen molar-refractivity contribution in [2.24, 2.45) is 10.8 Å². The Morgan fingerprint density at radius 2 is 1.71 bits per heavy atom. The van der Waals surface area contributed by atoms with Gasteiger partial charge >= 0.3 is 0 Å². The lowest BCUT2D eigenvalue weighted by molar-refractivity contribution is -0.159. The molecule has 0 bridgehead atoms. The molecule has 180 valence electrons. The number of phenolic OH excluding ortho intramolecular Hbond substituents is 1. The zero-order valence-electron chi connectivity index (χ0n) is 19.6. The molecule has 0 fully saturated rings. The number of aliphatic hydroxyl groups is 3. The average molecular weight is 469 g/mol. The van der Waals surface area contributed by atoms with Gasteiger partial charge in [0.1, 0.15) is 28.6 Å². The van der Waals surface area contributed by atoms with Crippen LogP contribution in [0.3, 0.4) is 0 Å². The molecule has 3 aliphatic carbocycles. The Balaban J connectivity index is 1.94. The lowest BCUT2D eigenvalue weighted by Gasteiger charge is -2.55. The number of hydrogen-bond acceptors (Lipinski definition) is 8. The van der Waals surface area contributed by atoms with Crippen molar-refractivity contribution in [2.45, 2.75) is 65.4 Å². The topological polar surface area (TPSA) is 149 Å². The van der Waals surface area contributed by atoms with E-state index in [0.29, 0.717) is 5.56 Å². The summed E-state index contributed by atoms with van der Waals surface area (Å²) in [5.74, 6) is -4.43. The molecule has 34 heavy (non-hydrogen) atoms. The molecule has 0 spiro atoms. The van der Waals surface area contributed by atoms with Gasteiger partial charge in [-0.3, -0.25) is 19.2 Å². The first-order valence-electron chi connectivity index (χ1n) is 11.3. The van der Waals surface area contributed by atoms with E-state index < -0.39 is 50.9 Å². The van der Waals surface area contributed by atoms with E-state index in [2.05, 4.69) is 0 Å². The molecule has 0 aliphatic heterocycles. The quantitative estimate of drug-likeness (QED) is 0.493. The predicted octanol–water partition coefficient (Wildman–Crippen LogP) is 2.99. The maximum atomic E-state index is 13.7. The summed E-state index contributed by atoms with van der Waals surface area (Å²) in [6, 6.07) is 3.27. The van der Waals surface area contributed by atoms with Gasteiger partial charge in [0.15, 0.2) is 17.2 Å². The van der Waals surface area contributed by atoms with E-state index in [0.717, 1.165) is 6.92 Å². The third-order valence-electron chi connectivity index (χ3n) is 7.76. The number of phenols is 1. The summed E-state index contributed by atoms with van der Waals surface area (Å²) < 4.78 is 0. The third kappa shape index (κ3) is 2.94. The lowest BCUT2D eigenvalue weighted by atomic mass is 9.48. The van der Waals surface area contributed by atoms with Crippen LogP contribution in [0.5, 0.6) is 5.75 Å². The van der Waals surface area contributed by atoms with E-state index in [1.54, 1.807) is 26.0 Å². The highest BCUT2D eigenvalue weighted by molar-refractivity contribution is 6.25. The van der Waals surface area contributed by atoms with Gasteiger partial charge in [-0.1, -0.05) is 32.9 Å². The molecule has 3 aliphatic rings. The number of hydrogen-bond donors (Lipinski definition) is 4. The molecular formula is C26H28O8. The highest BCUT2D eigenvalue weighted by Crippen LogP contribution is 2.62. The third-order valence-corrected chi connectivity index (χ3v) is 7.76. The molecule has 8 nitrogen and oxygen atoms in total. The highest BCUT2D eigenvalue weighted by atomic mass is 16.3. The number of carbonyl (C=O) groups is 4. The summed E-state index contributed by atoms with van der Waals surface area (Å²) in [6.45, 7) is 6.03. The van der Waals surface area contributed by atoms with Gasteiger partial charge < -0.3 is 20.4 Å². The van der Waals surface area contributed by atoms with Gasteiger partial charge in [0, 0.05) is 41.2 Å². The summed E-state index contributed by atoms with van der Waals surface area (Å²) in [4.78, 5) is 50.9. The molecule has 4 N–H and O–H groups in total. The Hall–Kier alpha value is -3.26. The summed E-state index contributed by atoms with van der Waals surface area (Å²) in [5, 5.41) is 44.3. The van der Waals surface area contributed by atoms with Crippen LogP contribution in [0.1, 0.15) is 68.4 Å². The Bertz CT molecular complexity index is 1250. The van der Waals surface area contributed by atoms with Gasteiger partial charge in [-0.15, -0.1) is 0 Å². The van der Waals surface area contributed by atoms with Crippen LogP contribution in [0.2, 0.25) is 0 Å². The van der Waals surface area contributed by atoms with Gasteiger partial charge in [-0.2, -0.15) is 0 Å². The first-order valence-corrected chi connectivity index (χ1v) is 11.3. The Labute approximate surface area is 196 Å². The Kier molecular flexibility index (Phi) is 5.18. The van der Waals surface area contributed by atoms with Crippen LogP contribution in [0.25, 0.3) is 0 Å². The zero-order valence-corrected chi connectivity index (χ0v) is 19.6. The fourth-order valence-corrected chi connectivity index (χ4v) is 6.17. The van der Waals surface area contributed by atoms with Crippen molar-refractivity contribution in [1.29, 1.82) is 0 Å². The second kappa shape index (κ2) is 7.37. The van der Waals surface area contributed by atoms with E-state index in [9.17, 15) is 39.6 Å². The maximum Gasteiger partial charge on any atom is 0.209 e. The minimum atomic E-state index is -2.59.